The lowest BCUT2D eigenvalue weighted by molar-refractivity contribution is -0.142. The zero-order chi connectivity index (χ0) is 17.8. The summed E-state index contributed by atoms with van der Waals surface area (Å²) in [5.74, 6) is 0.259. The second-order valence-corrected chi connectivity index (χ2v) is 5.92. The molecule has 0 atom stereocenters. The van der Waals surface area contributed by atoms with Crippen LogP contribution in [0.5, 0.6) is 5.75 Å². The quantitative estimate of drug-likeness (QED) is 0.315. The zero-order valence-corrected chi connectivity index (χ0v) is 15.2. The van der Waals surface area contributed by atoms with Gasteiger partial charge in [-0.25, -0.2) is 0 Å². The van der Waals surface area contributed by atoms with Crippen LogP contribution in [0, 0.1) is 0 Å². The largest absolute Gasteiger partial charge is 0.496 e. The van der Waals surface area contributed by atoms with E-state index in [0.29, 0.717) is 29.9 Å². The van der Waals surface area contributed by atoms with E-state index in [2.05, 4.69) is 6.92 Å². The number of hydrogen-bond acceptors (Lipinski definition) is 4. The Balaban J connectivity index is 2.72. The van der Waals surface area contributed by atoms with Crippen molar-refractivity contribution >= 4 is 11.8 Å². The van der Waals surface area contributed by atoms with Gasteiger partial charge >= 0.3 is 5.97 Å². The number of carbonyl (C=O) groups is 2. The third kappa shape index (κ3) is 6.73. The van der Waals surface area contributed by atoms with Gasteiger partial charge in [0, 0.05) is 6.42 Å². The van der Waals surface area contributed by atoms with Crippen LogP contribution in [0.15, 0.2) is 18.2 Å². The molecule has 0 N–H and O–H groups in total. The van der Waals surface area contributed by atoms with Crippen molar-refractivity contribution in [2.75, 3.05) is 13.7 Å². The number of hydrogen-bond donors (Lipinski definition) is 0. The fraction of sp³-hybridized carbons (Fsp3) is 0.600. The van der Waals surface area contributed by atoms with Gasteiger partial charge < -0.3 is 9.47 Å². The number of carbonyl (C=O) groups excluding carboxylic acids is 2. The fourth-order valence-corrected chi connectivity index (χ4v) is 2.77. The maximum atomic E-state index is 12.6. The van der Waals surface area contributed by atoms with Gasteiger partial charge in [0.1, 0.15) is 5.75 Å². The van der Waals surface area contributed by atoms with Gasteiger partial charge in [-0.05, 0) is 25.0 Å². The topological polar surface area (TPSA) is 52.6 Å². The number of ether oxygens (including phenoxy) is 2. The number of methoxy groups -OCH3 is 1. The summed E-state index contributed by atoms with van der Waals surface area (Å²) >= 11 is 0. The molecule has 0 fully saturated rings. The first-order valence-corrected chi connectivity index (χ1v) is 8.98. The second-order valence-electron chi connectivity index (χ2n) is 5.92. The standard InChI is InChI=1S/C20H30O4/c1-4-6-7-8-9-10-13-17(21)20-16(15-19(22)24-5-2)12-11-14-18(20)23-3/h11-12,14H,4-10,13,15H2,1-3H3. The van der Waals surface area contributed by atoms with Gasteiger partial charge in [0.25, 0.3) is 0 Å². The third-order valence-corrected chi connectivity index (χ3v) is 4.01. The van der Waals surface area contributed by atoms with Crippen molar-refractivity contribution in [2.45, 2.75) is 65.2 Å². The van der Waals surface area contributed by atoms with E-state index < -0.39 is 0 Å². The summed E-state index contributed by atoms with van der Waals surface area (Å²) in [5, 5.41) is 0. The first-order valence-electron chi connectivity index (χ1n) is 8.98. The SMILES string of the molecule is CCCCCCCCC(=O)c1c(CC(=O)OCC)cccc1OC. The first-order chi connectivity index (χ1) is 11.6. The maximum Gasteiger partial charge on any atom is 0.310 e. The van der Waals surface area contributed by atoms with Crippen LogP contribution in [0.1, 0.15) is 74.7 Å². The van der Waals surface area contributed by atoms with Crippen molar-refractivity contribution in [1.82, 2.24) is 0 Å². The molecule has 0 saturated carbocycles. The summed E-state index contributed by atoms with van der Waals surface area (Å²) < 4.78 is 10.3. The van der Waals surface area contributed by atoms with Crippen molar-refractivity contribution in [2.24, 2.45) is 0 Å². The summed E-state index contributed by atoms with van der Waals surface area (Å²) in [6, 6.07) is 5.37. The number of ketones is 1. The minimum Gasteiger partial charge on any atom is -0.496 e. The molecule has 0 aromatic heterocycles. The van der Waals surface area contributed by atoms with Crippen LogP contribution < -0.4 is 4.74 Å². The van der Waals surface area contributed by atoms with E-state index >= 15 is 0 Å². The van der Waals surface area contributed by atoms with Gasteiger partial charge in [-0.3, -0.25) is 9.59 Å². The zero-order valence-electron chi connectivity index (χ0n) is 15.2. The van der Waals surface area contributed by atoms with E-state index in [1.54, 1.807) is 32.2 Å². The van der Waals surface area contributed by atoms with Crippen LogP contribution in [0.4, 0.5) is 0 Å². The molecule has 0 amide bonds. The smallest absolute Gasteiger partial charge is 0.310 e. The lowest BCUT2D eigenvalue weighted by Crippen LogP contribution is -2.13. The van der Waals surface area contributed by atoms with E-state index in [1.807, 2.05) is 0 Å². The van der Waals surface area contributed by atoms with E-state index in [-0.39, 0.29) is 18.2 Å². The Morgan fingerprint density at radius 3 is 2.38 bits per heavy atom. The van der Waals surface area contributed by atoms with Crippen LogP contribution in [-0.2, 0) is 16.0 Å². The van der Waals surface area contributed by atoms with Crippen LogP contribution in [0.2, 0.25) is 0 Å². The molecule has 4 heteroatoms. The molecule has 0 unspecified atom stereocenters. The van der Waals surface area contributed by atoms with Gasteiger partial charge in [0.05, 0.1) is 25.7 Å². The predicted octanol–water partition coefficient (Wildman–Crippen LogP) is 4.73. The minimum atomic E-state index is -0.320. The average molecular weight is 334 g/mol. The van der Waals surface area contributed by atoms with Crippen molar-refractivity contribution in [3.8, 4) is 5.75 Å². The summed E-state index contributed by atoms with van der Waals surface area (Å²) in [6.07, 6.45) is 7.40. The maximum absolute atomic E-state index is 12.6. The van der Waals surface area contributed by atoms with Crippen molar-refractivity contribution in [3.63, 3.8) is 0 Å². The molecule has 4 nitrogen and oxygen atoms in total. The van der Waals surface area contributed by atoms with E-state index in [1.165, 1.54) is 25.7 Å². The molecule has 0 radical (unpaired) electrons. The summed E-state index contributed by atoms with van der Waals surface area (Å²) in [6.45, 7) is 4.30. The Bertz CT molecular complexity index is 522. The van der Waals surface area contributed by atoms with E-state index in [9.17, 15) is 9.59 Å². The molecule has 1 rings (SSSR count). The fourth-order valence-electron chi connectivity index (χ4n) is 2.77. The molecule has 24 heavy (non-hydrogen) atoms. The van der Waals surface area contributed by atoms with Crippen LogP contribution in [0.25, 0.3) is 0 Å². The normalized spacial score (nSPS) is 10.5. The number of rotatable bonds is 12. The molecule has 0 heterocycles. The lowest BCUT2D eigenvalue weighted by Gasteiger charge is -2.13. The highest BCUT2D eigenvalue weighted by atomic mass is 16.5. The molecule has 1 aromatic carbocycles. The average Bonchev–Trinajstić information content (AvgIpc) is 2.57. The van der Waals surface area contributed by atoms with Crippen molar-refractivity contribution in [1.29, 1.82) is 0 Å². The summed E-state index contributed by atoms with van der Waals surface area (Å²) in [4.78, 5) is 24.4. The number of esters is 1. The molecular weight excluding hydrogens is 304 g/mol. The molecule has 0 aliphatic heterocycles. The lowest BCUT2D eigenvalue weighted by atomic mass is 9.96. The molecule has 0 saturated heterocycles. The minimum absolute atomic E-state index is 0.0437. The van der Waals surface area contributed by atoms with Gasteiger partial charge in [0.15, 0.2) is 5.78 Å². The highest BCUT2D eigenvalue weighted by Gasteiger charge is 2.19. The monoisotopic (exact) mass is 334 g/mol. The third-order valence-electron chi connectivity index (χ3n) is 4.01. The van der Waals surface area contributed by atoms with Crippen LogP contribution in [0.3, 0.4) is 0 Å². The Hall–Kier alpha value is -1.84. The highest BCUT2D eigenvalue weighted by molar-refractivity contribution is 6.01. The van der Waals surface area contributed by atoms with Gasteiger partial charge in [-0.1, -0.05) is 51.2 Å². The number of benzene rings is 1. The highest BCUT2D eigenvalue weighted by Crippen LogP contribution is 2.25. The second kappa shape index (κ2) is 11.7. The Kier molecular flexibility index (Phi) is 9.81. The molecule has 0 aliphatic rings. The predicted molar refractivity (Wildman–Crippen MR) is 95.7 cm³/mol. The molecular formula is C20H30O4. The molecule has 0 aliphatic carbocycles. The van der Waals surface area contributed by atoms with Crippen molar-refractivity contribution < 1.29 is 19.1 Å². The van der Waals surface area contributed by atoms with Crippen LogP contribution >= 0.6 is 0 Å². The summed E-state index contributed by atoms with van der Waals surface area (Å²) in [5.41, 5.74) is 1.21. The van der Waals surface area contributed by atoms with E-state index in [4.69, 9.17) is 9.47 Å². The molecule has 1 aromatic rings. The number of unbranched alkanes of at least 4 members (excludes halogenated alkanes) is 5. The first kappa shape index (κ1) is 20.2. The van der Waals surface area contributed by atoms with E-state index in [0.717, 1.165) is 12.8 Å². The molecule has 0 spiro atoms. The molecule has 0 bridgehead atoms. The Labute approximate surface area is 145 Å². The number of Topliss-reactive ketones (excluding diaryl/α,β-unsaturated/α-hetero) is 1. The van der Waals surface area contributed by atoms with Gasteiger partial charge in [-0.2, -0.15) is 0 Å². The van der Waals surface area contributed by atoms with Gasteiger partial charge in [0.2, 0.25) is 0 Å². The van der Waals surface area contributed by atoms with Gasteiger partial charge in [-0.15, -0.1) is 0 Å². The Morgan fingerprint density at radius 1 is 1.00 bits per heavy atom. The molecule has 134 valence electrons. The van der Waals surface area contributed by atoms with Crippen molar-refractivity contribution in [3.05, 3.63) is 29.3 Å². The summed E-state index contributed by atoms with van der Waals surface area (Å²) in [7, 11) is 1.55. The van der Waals surface area contributed by atoms with Crippen LogP contribution in [-0.4, -0.2) is 25.5 Å². The Morgan fingerprint density at radius 2 is 1.71 bits per heavy atom.